The average Bonchev–Trinajstić information content (AvgIpc) is 1.70. The third-order valence-electron chi connectivity index (χ3n) is 16.9. The average molecular weight is 1190 g/mol. The van der Waals surface area contributed by atoms with Gasteiger partial charge in [-0.15, -0.1) is 0 Å². The molecule has 0 aliphatic heterocycles. The van der Waals surface area contributed by atoms with Gasteiger partial charge < -0.3 is 22.8 Å². The highest BCUT2D eigenvalue weighted by atomic mass is 31.2. The van der Waals surface area contributed by atoms with Crippen LogP contribution in [-0.2, 0) is 13.7 Å². The van der Waals surface area contributed by atoms with Crippen LogP contribution in [-0.4, -0.2) is 9.13 Å². The fourth-order valence-corrected chi connectivity index (χ4v) is 23.2. The summed E-state index contributed by atoms with van der Waals surface area (Å²) in [6.07, 6.45) is 0. The maximum Gasteiger partial charge on any atom is 0.171 e. The summed E-state index contributed by atoms with van der Waals surface area (Å²) in [4.78, 5) is 0. The number of hydrogen-bond acceptors (Lipinski definition) is 3. The van der Waals surface area contributed by atoms with Crippen LogP contribution in [0.3, 0.4) is 0 Å². The predicted octanol–water partition coefficient (Wildman–Crippen LogP) is 14.6. The van der Waals surface area contributed by atoms with Gasteiger partial charge in [-0.1, -0.05) is 255 Å². The van der Waals surface area contributed by atoms with E-state index >= 15 is 13.7 Å². The Labute approximate surface area is 507 Å². The quantitative estimate of drug-likeness (QED) is 0.102. The number of fused-ring (bicyclic) bond motifs is 6. The highest BCUT2D eigenvalue weighted by Crippen LogP contribution is 2.48. The van der Waals surface area contributed by atoms with Gasteiger partial charge in [0, 0.05) is 80.7 Å². The molecule has 0 radical (unpaired) electrons. The lowest BCUT2D eigenvalue weighted by molar-refractivity contribution is 0.591. The lowest BCUT2D eigenvalue weighted by atomic mass is 10.1. The van der Waals surface area contributed by atoms with Gasteiger partial charge in [0.2, 0.25) is 0 Å². The second-order valence-electron chi connectivity index (χ2n) is 21.8. The standard InChI is InChI=1S/C78H56N2O3P4/c81-85(62-32-13-3-14-33-62,63-34-15-4-16-35-63)68-45-49-76-72(54-68)71-53-61(84(59-28-9-1-10-29-59)60-30-11-2-12-31-60)44-48-75(71)79(76)57-26-25-27-58(52-57)80-77-50-46-69(86(82,64-36-17-5-18-37-64)65-38-19-6-20-39-65)55-73(77)74-56-70(47-51-78(74)80)87(83,66-40-21-7-22-41-66)67-42-23-8-24-43-67/h1-56H. The summed E-state index contributed by atoms with van der Waals surface area (Å²) in [6, 6.07) is 115. The van der Waals surface area contributed by atoms with E-state index < -0.39 is 29.3 Å². The Morgan fingerprint density at radius 1 is 0.207 bits per heavy atom. The Balaban J connectivity index is 0.974. The SMILES string of the molecule is O=P(c1ccccc1)(c1ccccc1)c1ccc2c(c1)c1cc(P(c3ccccc3)c3ccccc3)ccc1n2-c1cccc(-n2c3ccc(P(=O)(c4ccccc4)c4ccccc4)cc3c3cc(P(=O)(c4ccccc4)c4ccccc4)ccc32)c1. The molecule has 13 aromatic carbocycles. The first-order chi connectivity index (χ1) is 42.8. The maximum atomic E-state index is 16.2. The number of nitrogens with zero attached hydrogens (tertiary/aromatic N) is 2. The predicted molar refractivity (Wildman–Crippen MR) is 372 cm³/mol. The first-order valence-electron chi connectivity index (χ1n) is 29.1. The number of benzene rings is 13. The molecule has 0 aliphatic rings. The van der Waals surface area contributed by atoms with Crippen molar-refractivity contribution in [3.8, 4) is 11.4 Å². The van der Waals surface area contributed by atoms with Crippen LogP contribution in [0.2, 0.25) is 0 Å². The molecule has 9 heteroatoms. The lowest BCUT2D eigenvalue weighted by Gasteiger charge is -2.20. The minimum atomic E-state index is -3.43. The third kappa shape index (κ3) is 9.25. The van der Waals surface area contributed by atoms with Crippen molar-refractivity contribution in [2.75, 3.05) is 0 Å². The topological polar surface area (TPSA) is 61.1 Å². The molecule has 0 unspecified atom stereocenters. The van der Waals surface area contributed by atoms with E-state index in [0.29, 0.717) is 10.6 Å². The van der Waals surface area contributed by atoms with E-state index in [2.05, 4.69) is 155 Å². The minimum Gasteiger partial charge on any atom is -0.309 e. The van der Waals surface area contributed by atoms with Crippen LogP contribution in [0, 0.1) is 0 Å². The Kier molecular flexibility index (Phi) is 14.0. The first-order valence-corrected chi connectivity index (χ1v) is 35.6. The van der Waals surface area contributed by atoms with E-state index in [-0.39, 0.29) is 0 Å². The van der Waals surface area contributed by atoms with E-state index in [4.69, 9.17) is 0 Å². The molecule has 0 saturated heterocycles. The van der Waals surface area contributed by atoms with Crippen molar-refractivity contribution in [2.45, 2.75) is 0 Å². The van der Waals surface area contributed by atoms with Crippen LogP contribution >= 0.6 is 29.3 Å². The molecular weight excluding hydrogens is 1140 g/mol. The molecule has 15 aromatic rings. The maximum absolute atomic E-state index is 16.2. The van der Waals surface area contributed by atoms with E-state index in [1.54, 1.807) is 0 Å². The Bertz CT molecular complexity index is 4860. The second-order valence-corrected chi connectivity index (χ2v) is 32.4. The van der Waals surface area contributed by atoms with Crippen molar-refractivity contribution < 1.29 is 13.7 Å². The van der Waals surface area contributed by atoms with Gasteiger partial charge in [-0.05, 0) is 109 Å². The molecule has 0 saturated carbocycles. The lowest BCUT2D eigenvalue weighted by Crippen LogP contribution is -2.25. The second kappa shape index (κ2) is 22.5. The molecule has 0 fully saturated rings. The molecular formula is C78H56N2O3P4. The van der Waals surface area contributed by atoms with Crippen molar-refractivity contribution in [1.82, 2.24) is 9.13 Å². The van der Waals surface area contributed by atoms with Gasteiger partial charge in [0.05, 0.1) is 22.1 Å². The van der Waals surface area contributed by atoms with Crippen LogP contribution in [0.5, 0.6) is 0 Å². The fourth-order valence-electron chi connectivity index (χ4n) is 12.8. The zero-order chi connectivity index (χ0) is 58.5. The Morgan fingerprint density at radius 3 is 0.747 bits per heavy atom. The molecule has 0 atom stereocenters. The summed E-state index contributed by atoms with van der Waals surface area (Å²) in [5.74, 6) is 0. The summed E-state index contributed by atoms with van der Waals surface area (Å²) < 4.78 is 53.3. The highest BCUT2D eigenvalue weighted by Gasteiger charge is 2.34. The van der Waals surface area contributed by atoms with Gasteiger partial charge in [0.15, 0.2) is 21.4 Å². The fraction of sp³-hybridized carbons (Fsp3) is 0. The van der Waals surface area contributed by atoms with Gasteiger partial charge >= 0.3 is 0 Å². The minimum absolute atomic E-state index is 0.705. The van der Waals surface area contributed by atoms with Crippen molar-refractivity contribution in [1.29, 1.82) is 0 Å². The van der Waals surface area contributed by atoms with Crippen molar-refractivity contribution in [2.24, 2.45) is 0 Å². The van der Waals surface area contributed by atoms with Crippen LogP contribution in [0.15, 0.2) is 340 Å². The largest absolute Gasteiger partial charge is 0.309 e. The van der Waals surface area contributed by atoms with Gasteiger partial charge in [-0.25, -0.2) is 0 Å². The van der Waals surface area contributed by atoms with E-state index in [0.717, 1.165) is 92.1 Å². The summed E-state index contributed by atoms with van der Waals surface area (Å²) in [5.41, 5.74) is 5.66. The van der Waals surface area contributed by atoms with Gasteiger partial charge in [-0.2, -0.15) is 0 Å². The zero-order valence-corrected chi connectivity index (χ0v) is 50.8. The zero-order valence-electron chi connectivity index (χ0n) is 47.2. The molecule has 416 valence electrons. The van der Waals surface area contributed by atoms with E-state index in [9.17, 15) is 0 Å². The molecule has 0 bridgehead atoms. The number of hydrogen-bond donors (Lipinski definition) is 0. The van der Waals surface area contributed by atoms with Gasteiger partial charge in [0.25, 0.3) is 0 Å². The first kappa shape index (κ1) is 54.2. The van der Waals surface area contributed by atoms with Crippen LogP contribution in [0.25, 0.3) is 55.0 Å². The van der Waals surface area contributed by atoms with Crippen LogP contribution in [0.1, 0.15) is 0 Å². The molecule has 2 aromatic heterocycles. The summed E-state index contributed by atoms with van der Waals surface area (Å²) in [6.45, 7) is 0. The number of rotatable bonds is 14. The van der Waals surface area contributed by atoms with E-state index in [1.165, 1.54) is 15.9 Å². The summed E-state index contributed by atoms with van der Waals surface area (Å²) in [5, 5.41) is 14.3. The van der Waals surface area contributed by atoms with E-state index in [1.807, 2.05) is 194 Å². The molecule has 87 heavy (non-hydrogen) atoms. The Morgan fingerprint density at radius 2 is 0.460 bits per heavy atom. The normalized spacial score (nSPS) is 12.1. The molecule has 0 spiro atoms. The summed E-state index contributed by atoms with van der Waals surface area (Å²) in [7, 11) is -11.2. The van der Waals surface area contributed by atoms with Crippen molar-refractivity contribution in [3.05, 3.63) is 340 Å². The van der Waals surface area contributed by atoms with Crippen LogP contribution in [0.4, 0.5) is 0 Å². The Hall–Kier alpha value is -9.42. The number of aromatic nitrogens is 2. The monoisotopic (exact) mass is 1190 g/mol. The molecule has 5 nitrogen and oxygen atoms in total. The molecule has 0 N–H and O–H groups in total. The third-order valence-corrected chi connectivity index (χ3v) is 28.5. The highest BCUT2D eigenvalue weighted by molar-refractivity contribution is 7.86. The molecule has 15 rings (SSSR count). The van der Waals surface area contributed by atoms with Crippen molar-refractivity contribution in [3.63, 3.8) is 0 Å². The smallest absolute Gasteiger partial charge is 0.171 e. The molecule has 0 aliphatic carbocycles. The van der Waals surface area contributed by atoms with Crippen molar-refractivity contribution >= 4 is 137 Å². The van der Waals surface area contributed by atoms with Gasteiger partial charge in [-0.3, -0.25) is 0 Å². The van der Waals surface area contributed by atoms with Gasteiger partial charge in [0.1, 0.15) is 0 Å². The summed E-state index contributed by atoms with van der Waals surface area (Å²) >= 11 is 0. The molecule has 0 amide bonds. The van der Waals surface area contributed by atoms with Crippen LogP contribution < -0.4 is 63.7 Å². The molecule has 2 heterocycles.